The van der Waals surface area contributed by atoms with Crippen molar-refractivity contribution in [1.29, 1.82) is 0 Å². The molecule has 0 heterocycles. The second-order valence-corrected chi connectivity index (χ2v) is 5.58. The summed E-state index contributed by atoms with van der Waals surface area (Å²) in [5.74, 6) is 0.748. The van der Waals surface area contributed by atoms with E-state index in [1.807, 2.05) is 27.7 Å². The maximum atomic E-state index is 11.9. The summed E-state index contributed by atoms with van der Waals surface area (Å²) < 4.78 is 5.66. The zero-order valence-electron chi connectivity index (χ0n) is 12.8. The minimum atomic E-state index is -0.0747. The summed E-state index contributed by atoms with van der Waals surface area (Å²) in [6.45, 7) is 9.30. The van der Waals surface area contributed by atoms with Gasteiger partial charge in [0.1, 0.15) is 5.75 Å². The van der Waals surface area contributed by atoms with Gasteiger partial charge in [-0.3, -0.25) is 9.59 Å². The van der Waals surface area contributed by atoms with Gasteiger partial charge in [0.15, 0.2) is 5.78 Å². The minimum absolute atomic E-state index is 0.000992. The molecule has 0 aromatic heterocycles. The van der Waals surface area contributed by atoms with Crippen LogP contribution >= 0.6 is 0 Å². The molecular weight excluding hydrogens is 254 g/mol. The second kappa shape index (κ2) is 7.08. The molecule has 0 fully saturated rings. The van der Waals surface area contributed by atoms with E-state index in [-0.39, 0.29) is 23.7 Å². The molecule has 0 spiro atoms. The molecule has 0 aliphatic carbocycles. The maximum absolute atomic E-state index is 11.9. The normalized spacial score (nSPS) is 10.8. The Bertz CT molecular complexity index is 492. The number of hydrogen-bond donors (Lipinski definition) is 1. The van der Waals surface area contributed by atoms with Crippen LogP contribution in [0.25, 0.3) is 0 Å². The Morgan fingerprint density at radius 1 is 1.20 bits per heavy atom. The van der Waals surface area contributed by atoms with E-state index in [1.54, 1.807) is 18.2 Å². The SMILES string of the molecule is CC(=O)c1ccc(OC(C)C)c(NC(=O)CC(C)C)c1. The van der Waals surface area contributed by atoms with Crippen LogP contribution in [0, 0.1) is 5.92 Å². The summed E-state index contributed by atoms with van der Waals surface area (Å²) in [6, 6.07) is 5.10. The Balaban J connectivity index is 3.01. The molecule has 1 rings (SSSR count). The number of benzene rings is 1. The Labute approximate surface area is 120 Å². The second-order valence-electron chi connectivity index (χ2n) is 5.58. The van der Waals surface area contributed by atoms with Gasteiger partial charge in [0.25, 0.3) is 0 Å². The van der Waals surface area contributed by atoms with Crippen LogP contribution in [0.3, 0.4) is 0 Å². The molecule has 20 heavy (non-hydrogen) atoms. The van der Waals surface area contributed by atoms with Crippen LogP contribution in [0.15, 0.2) is 18.2 Å². The van der Waals surface area contributed by atoms with E-state index in [9.17, 15) is 9.59 Å². The van der Waals surface area contributed by atoms with Gasteiger partial charge in [-0.25, -0.2) is 0 Å². The molecule has 4 nitrogen and oxygen atoms in total. The fraction of sp³-hybridized carbons (Fsp3) is 0.500. The van der Waals surface area contributed by atoms with E-state index in [0.29, 0.717) is 23.4 Å². The standard InChI is InChI=1S/C16H23NO3/c1-10(2)8-16(19)17-14-9-13(12(5)18)6-7-15(14)20-11(3)4/h6-7,9-11H,8H2,1-5H3,(H,17,19). The summed E-state index contributed by atoms with van der Waals surface area (Å²) >= 11 is 0. The van der Waals surface area contributed by atoms with Crippen LogP contribution in [0.1, 0.15) is 51.4 Å². The molecule has 0 saturated heterocycles. The van der Waals surface area contributed by atoms with E-state index in [2.05, 4.69) is 5.32 Å². The van der Waals surface area contributed by atoms with Gasteiger partial charge < -0.3 is 10.1 Å². The van der Waals surface area contributed by atoms with Gasteiger partial charge in [-0.1, -0.05) is 13.8 Å². The van der Waals surface area contributed by atoms with E-state index in [4.69, 9.17) is 4.74 Å². The molecule has 0 aliphatic rings. The largest absolute Gasteiger partial charge is 0.489 e. The van der Waals surface area contributed by atoms with Crippen LogP contribution in [-0.4, -0.2) is 17.8 Å². The first kappa shape index (κ1) is 16.2. The molecule has 0 aliphatic heterocycles. The van der Waals surface area contributed by atoms with Crippen molar-refractivity contribution >= 4 is 17.4 Å². The molecule has 4 heteroatoms. The Kier molecular flexibility index (Phi) is 5.74. The summed E-state index contributed by atoms with van der Waals surface area (Å²) in [7, 11) is 0. The predicted molar refractivity (Wildman–Crippen MR) is 80.3 cm³/mol. The molecule has 0 bridgehead atoms. The molecule has 0 unspecified atom stereocenters. The molecule has 1 amide bonds. The number of ether oxygens (including phenoxy) is 1. The monoisotopic (exact) mass is 277 g/mol. The first-order valence-electron chi connectivity index (χ1n) is 6.91. The van der Waals surface area contributed by atoms with Crippen molar-refractivity contribution in [3.05, 3.63) is 23.8 Å². The minimum Gasteiger partial charge on any atom is -0.489 e. The molecule has 1 N–H and O–H groups in total. The molecular formula is C16H23NO3. The smallest absolute Gasteiger partial charge is 0.224 e. The van der Waals surface area contributed by atoms with Crippen molar-refractivity contribution in [1.82, 2.24) is 0 Å². The first-order chi connectivity index (χ1) is 9.29. The van der Waals surface area contributed by atoms with E-state index < -0.39 is 0 Å². The highest BCUT2D eigenvalue weighted by Crippen LogP contribution is 2.27. The fourth-order valence-corrected chi connectivity index (χ4v) is 1.78. The van der Waals surface area contributed by atoms with Crippen LogP contribution in [-0.2, 0) is 4.79 Å². The van der Waals surface area contributed by atoms with Crippen LogP contribution < -0.4 is 10.1 Å². The number of Topliss-reactive ketones (excluding diaryl/α,β-unsaturated/α-hetero) is 1. The Morgan fingerprint density at radius 3 is 2.35 bits per heavy atom. The number of nitrogens with one attached hydrogen (secondary N) is 1. The highest BCUT2D eigenvalue weighted by atomic mass is 16.5. The van der Waals surface area contributed by atoms with E-state index in [1.165, 1.54) is 6.92 Å². The zero-order valence-corrected chi connectivity index (χ0v) is 12.8. The number of ketones is 1. The summed E-state index contributed by atoms with van der Waals surface area (Å²) in [5.41, 5.74) is 1.11. The van der Waals surface area contributed by atoms with Crippen molar-refractivity contribution in [2.45, 2.75) is 47.1 Å². The Morgan fingerprint density at radius 2 is 1.85 bits per heavy atom. The van der Waals surface area contributed by atoms with Gasteiger partial charge in [0.2, 0.25) is 5.91 Å². The van der Waals surface area contributed by atoms with Gasteiger partial charge in [-0.05, 0) is 44.9 Å². The third-order valence-corrected chi connectivity index (χ3v) is 2.62. The van der Waals surface area contributed by atoms with Crippen molar-refractivity contribution < 1.29 is 14.3 Å². The summed E-state index contributed by atoms with van der Waals surface area (Å²) in [6.07, 6.45) is 0.435. The quantitative estimate of drug-likeness (QED) is 0.807. The summed E-state index contributed by atoms with van der Waals surface area (Å²) in [5, 5.41) is 2.83. The Hall–Kier alpha value is -1.84. The van der Waals surface area contributed by atoms with Crippen molar-refractivity contribution in [2.24, 2.45) is 5.92 Å². The summed E-state index contributed by atoms with van der Waals surface area (Å²) in [4.78, 5) is 23.3. The lowest BCUT2D eigenvalue weighted by molar-refractivity contribution is -0.116. The first-order valence-corrected chi connectivity index (χ1v) is 6.91. The van der Waals surface area contributed by atoms with Crippen molar-refractivity contribution in [3.8, 4) is 5.75 Å². The number of carbonyl (C=O) groups is 2. The lowest BCUT2D eigenvalue weighted by Gasteiger charge is -2.16. The maximum Gasteiger partial charge on any atom is 0.224 e. The van der Waals surface area contributed by atoms with Crippen LogP contribution in [0.2, 0.25) is 0 Å². The highest BCUT2D eigenvalue weighted by molar-refractivity contribution is 5.98. The van der Waals surface area contributed by atoms with Gasteiger partial charge in [-0.15, -0.1) is 0 Å². The van der Waals surface area contributed by atoms with E-state index >= 15 is 0 Å². The molecule has 1 aromatic carbocycles. The zero-order chi connectivity index (χ0) is 15.3. The van der Waals surface area contributed by atoms with Gasteiger partial charge >= 0.3 is 0 Å². The average Bonchev–Trinajstić information content (AvgIpc) is 2.29. The van der Waals surface area contributed by atoms with Gasteiger partial charge in [0.05, 0.1) is 11.8 Å². The van der Waals surface area contributed by atoms with Crippen LogP contribution in [0.4, 0.5) is 5.69 Å². The number of amides is 1. The van der Waals surface area contributed by atoms with E-state index in [0.717, 1.165) is 0 Å². The third kappa shape index (κ3) is 5.03. The number of rotatable bonds is 6. The molecule has 0 atom stereocenters. The predicted octanol–water partition coefficient (Wildman–Crippen LogP) is 3.66. The third-order valence-electron chi connectivity index (χ3n) is 2.62. The van der Waals surface area contributed by atoms with Crippen molar-refractivity contribution in [3.63, 3.8) is 0 Å². The van der Waals surface area contributed by atoms with Crippen molar-refractivity contribution in [2.75, 3.05) is 5.32 Å². The molecule has 110 valence electrons. The van der Waals surface area contributed by atoms with Gasteiger partial charge in [0, 0.05) is 12.0 Å². The highest BCUT2D eigenvalue weighted by Gasteiger charge is 2.13. The van der Waals surface area contributed by atoms with Crippen LogP contribution in [0.5, 0.6) is 5.75 Å². The number of anilines is 1. The average molecular weight is 277 g/mol. The molecule has 1 aromatic rings. The lowest BCUT2D eigenvalue weighted by Crippen LogP contribution is -2.16. The number of hydrogen-bond acceptors (Lipinski definition) is 3. The molecule has 0 saturated carbocycles. The van der Waals surface area contributed by atoms with Gasteiger partial charge in [-0.2, -0.15) is 0 Å². The lowest BCUT2D eigenvalue weighted by atomic mass is 10.1. The molecule has 0 radical (unpaired) electrons. The number of carbonyl (C=O) groups excluding carboxylic acids is 2. The fourth-order valence-electron chi connectivity index (χ4n) is 1.78. The topological polar surface area (TPSA) is 55.4 Å².